The van der Waals surface area contributed by atoms with Gasteiger partial charge in [0.2, 0.25) is 11.8 Å². The molecule has 2 aliphatic carbocycles. The van der Waals surface area contributed by atoms with E-state index in [1.807, 2.05) is 0 Å². The van der Waals surface area contributed by atoms with Gasteiger partial charge < -0.3 is 20.1 Å². The Morgan fingerprint density at radius 3 is 2.65 bits per heavy atom. The molecule has 2 aromatic heterocycles. The lowest BCUT2D eigenvalue weighted by Gasteiger charge is -2.58. The van der Waals surface area contributed by atoms with Crippen LogP contribution in [-0.4, -0.2) is 60.4 Å². The number of ether oxygens (including phenoxy) is 1. The molecule has 4 aliphatic rings. The van der Waals surface area contributed by atoms with Gasteiger partial charge in [0.05, 0.1) is 17.2 Å². The van der Waals surface area contributed by atoms with E-state index in [2.05, 4.69) is 25.2 Å². The smallest absolute Gasteiger partial charge is 0.238 e. The minimum absolute atomic E-state index is 0.0234. The average Bonchev–Trinajstić information content (AvgIpc) is 3.05. The summed E-state index contributed by atoms with van der Waals surface area (Å²) < 4.78 is 18.0. The summed E-state index contributed by atoms with van der Waals surface area (Å²) in [6, 6.07) is 0. The third kappa shape index (κ3) is 3.18. The Kier molecular flexibility index (Phi) is 4.42. The Balaban J connectivity index is 1.18. The highest BCUT2D eigenvalue weighted by molar-refractivity contribution is 7.85. The van der Waals surface area contributed by atoms with Gasteiger partial charge in [-0.2, -0.15) is 9.97 Å². The van der Waals surface area contributed by atoms with Gasteiger partial charge in [0.15, 0.2) is 11.8 Å². The molecular weight excluding hydrogens is 440 g/mol. The number of hydrogen-bond donors (Lipinski definition) is 2. The van der Waals surface area contributed by atoms with Gasteiger partial charge in [-0.15, -0.1) is 0 Å². The summed E-state index contributed by atoms with van der Waals surface area (Å²) >= 11 is 5.89. The molecule has 0 bridgehead atoms. The maximum atomic E-state index is 12.5. The predicted octanol–water partition coefficient (Wildman–Crippen LogP) is 2.09. The number of hydrogen-bond acceptors (Lipinski definition) is 9. The van der Waals surface area contributed by atoms with E-state index in [0.717, 1.165) is 51.0 Å². The van der Waals surface area contributed by atoms with Crippen LogP contribution in [-0.2, 0) is 10.8 Å². The highest BCUT2D eigenvalue weighted by Gasteiger charge is 2.54. The zero-order valence-electron chi connectivity index (χ0n) is 16.9. The molecule has 0 aromatic carbocycles. The fourth-order valence-corrected chi connectivity index (χ4v) is 6.20. The molecule has 4 heterocycles. The van der Waals surface area contributed by atoms with Crippen molar-refractivity contribution in [1.29, 1.82) is 0 Å². The first kappa shape index (κ1) is 19.6. The van der Waals surface area contributed by atoms with Crippen molar-refractivity contribution < 1.29 is 14.1 Å². The Bertz CT molecular complexity index is 1040. The SMILES string of the molecule is O=S1COc2nc(N3CC4(CC(c5ncc(Cl)cn5)C4)C3)nc(NC3(CO)CCC3)c21. The van der Waals surface area contributed by atoms with E-state index < -0.39 is 10.8 Å². The van der Waals surface area contributed by atoms with Gasteiger partial charge in [0.25, 0.3) is 0 Å². The van der Waals surface area contributed by atoms with E-state index in [4.69, 9.17) is 21.3 Å². The van der Waals surface area contributed by atoms with E-state index in [1.54, 1.807) is 12.4 Å². The number of rotatable bonds is 5. The van der Waals surface area contributed by atoms with E-state index in [9.17, 15) is 9.32 Å². The van der Waals surface area contributed by atoms with Crippen LogP contribution in [0.4, 0.5) is 11.8 Å². The van der Waals surface area contributed by atoms with Gasteiger partial charge in [0, 0.05) is 36.8 Å². The molecule has 2 N–H and O–H groups in total. The molecule has 1 unspecified atom stereocenters. The van der Waals surface area contributed by atoms with Crippen molar-refractivity contribution in [3.63, 3.8) is 0 Å². The van der Waals surface area contributed by atoms with Crippen molar-refractivity contribution >= 4 is 34.2 Å². The largest absolute Gasteiger partial charge is 0.463 e. The number of aromatic nitrogens is 4. The second kappa shape index (κ2) is 6.98. The van der Waals surface area contributed by atoms with Crippen LogP contribution in [0.1, 0.15) is 43.8 Å². The van der Waals surface area contributed by atoms with Crippen molar-refractivity contribution in [2.75, 3.05) is 35.9 Å². The molecule has 6 rings (SSSR count). The van der Waals surface area contributed by atoms with E-state index in [-0.39, 0.29) is 23.5 Å². The quantitative estimate of drug-likeness (QED) is 0.689. The normalized spacial score (nSPS) is 25.2. The van der Waals surface area contributed by atoms with Crippen LogP contribution in [0.15, 0.2) is 17.3 Å². The molecule has 1 spiro atoms. The van der Waals surface area contributed by atoms with Crippen LogP contribution in [0.2, 0.25) is 5.02 Å². The number of nitrogens with zero attached hydrogens (tertiary/aromatic N) is 5. The summed E-state index contributed by atoms with van der Waals surface area (Å²) in [5.41, 5.74) is -0.143. The van der Waals surface area contributed by atoms with Crippen LogP contribution in [0.3, 0.4) is 0 Å². The monoisotopic (exact) mass is 462 g/mol. The highest BCUT2D eigenvalue weighted by atomic mass is 35.5. The second-order valence-corrected chi connectivity index (χ2v) is 11.0. The standard InChI is InChI=1S/C20H23ClN6O3S/c21-13-6-22-15(23-7-13)12-4-19(5-12)8-27(9-19)18-24-16(26-20(10-28)2-1-3-20)14-17(25-18)30-11-31(14)29/h6-7,12,28H,1-5,8-11H2,(H,24,25,26). The second-order valence-electron chi connectivity index (χ2n) is 9.25. The number of aliphatic hydroxyl groups is 1. The lowest BCUT2D eigenvalue weighted by molar-refractivity contribution is 0.0581. The molecule has 0 amide bonds. The van der Waals surface area contributed by atoms with Crippen LogP contribution in [0.5, 0.6) is 5.88 Å². The molecule has 1 atom stereocenters. The fourth-order valence-electron chi connectivity index (χ4n) is 5.16. The molecule has 0 radical (unpaired) electrons. The molecule has 2 saturated carbocycles. The number of fused-ring (bicyclic) bond motifs is 1. The van der Waals surface area contributed by atoms with Gasteiger partial charge in [-0.25, -0.2) is 9.97 Å². The van der Waals surface area contributed by atoms with E-state index in [1.165, 1.54) is 0 Å². The van der Waals surface area contributed by atoms with Crippen LogP contribution < -0.4 is 15.0 Å². The lowest BCUT2D eigenvalue weighted by Crippen LogP contribution is -2.62. The molecule has 3 fully saturated rings. The van der Waals surface area contributed by atoms with Crippen LogP contribution in [0.25, 0.3) is 0 Å². The van der Waals surface area contributed by atoms with Crippen molar-refractivity contribution in [2.45, 2.75) is 48.5 Å². The van der Waals surface area contributed by atoms with Crippen molar-refractivity contribution in [2.24, 2.45) is 5.41 Å². The summed E-state index contributed by atoms with van der Waals surface area (Å²) in [6.45, 7) is 1.75. The molecule has 1 saturated heterocycles. The number of aliphatic hydroxyl groups excluding tert-OH is 1. The van der Waals surface area contributed by atoms with E-state index >= 15 is 0 Å². The molecule has 2 aromatic rings. The third-order valence-electron chi connectivity index (χ3n) is 7.05. The zero-order chi connectivity index (χ0) is 21.2. The number of anilines is 2. The van der Waals surface area contributed by atoms with Gasteiger partial charge in [-0.05, 0) is 32.1 Å². The Morgan fingerprint density at radius 1 is 1.26 bits per heavy atom. The van der Waals surface area contributed by atoms with Gasteiger partial charge in [-0.1, -0.05) is 11.6 Å². The third-order valence-corrected chi connectivity index (χ3v) is 8.40. The Labute approximate surface area is 187 Å². The average molecular weight is 463 g/mol. The topological polar surface area (TPSA) is 113 Å². The zero-order valence-corrected chi connectivity index (χ0v) is 18.5. The fraction of sp³-hybridized carbons (Fsp3) is 0.600. The Morgan fingerprint density at radius 2 is 2.00 bits per heavy atom. The maximum Gasteiger partial charge on any atom is 0.238 e. The summed E-state index contributed by atoms with van der Waals surface area (Å²) in [6.07, 6.45) is 8.17. The molecular formula is C20H23ClN6O3S. The van der Waals surface area contributed by atoms with Crippen molar-refractivity contribution in [3.05, 3.63) is 23.2 Å². The van der Waals surface area contributed by atoms with Crippen molar-refractivity contribution in [3.8, 4) is 5.88 Å². The van der Waals surface area contributed by atoms with Gasteiger partial charge >= 0.3 is 0 Å². The molecule has 2 aliphatic heterocycles. The number of nitrogens with one attached hydrogen (secondary N) is 1. The van der Waals surface area contributed by atoms with Crippen LogP contribution in [0, 0.1) is 5.41 Å². The predicted molar refractivity (Wildman–Crippen MR) is 115 cm³/mol. The lowest BCUT2D eigenvalue weighted by atomic mass is 9.57. The summed E-state index contributed by atoms with van der Waals surface area (Å²) in [4.78, 5) is 20.7. The Hall–Kier alpha value is -2.04. The first-order valence-electron chi connectivity index (χ1n) is 10.5. The van der Waals surface area contributed by atoms with Crippen LogP contribution >= 0.6 is 11.6 Å². The van der Waals surface area contributed by atoms with E-state index in [0.29, 0.717) is 33.5 Å². The first-order valence-corrected chi connectivity index (χ1v) is 12.2. The minimum Gasteiger partial charge on any atom is -0.463 e. The first-order chi connectivity index (χ1) is 15.0. The maximum absolute atomic E-state index is 12.5. The van der Waals surface area contributed by atoms with Gasteiger partial charge in [-0.3, -0.25) is 4.21 Å². The molecule has 164 valence electrons. The summed E-state index contributed by atoms with van der Waals surface area (Å²) in [7, 11) is -1.30. The summed E-state index contributed by atoms with van der Waals surface area (Å²) in [5, 5.41) is 13.8. The van der Waals surface area contributed by atoms with Crippen molar-refractivity contribution in [1.82, 2.24) is 19.9 Å². The molecule has 9 nitrogen and oxygen atoms in total. The summed E-state index contributed by atoms with van der Waals surface area (Å²) in [5.74, 6) is 2.84. The molecule has 11 heteroatoms. The van der Waals surface area contributed by atoms with Gasteiger partial charge in [0.1, 0.15) is 21.5 Å². The number of halogens is 1. The minimum atomic E-state index is -1.30. The highest BCUT2D eigenvalue weighted by Crippen LogP contribution is 2.56. The molecule has 31 heavy (non-hydrogen) atoms.